The topological polar surface area (TPSA) is 50.8 Å². The van der Waals surface area contributed by atoms with Gasteiger partial charge in [-0.25, -0.2) is 4.79 Å². The standard InChI is InChI=1S/C21H25ClN2O3/c1-2-26-20-9-8-17(22)14-19(20)23-18-10-12-24(13-11-18)21(25)27-15-16-6-4-3-5-7-16/h3-9,14,18,23H,2,10-13,15H2,1H3. The van der Waals surface area contributed by atoms with Gasteiger partial charge in [0.1, 0.15) is 12.4 Å². The third-order valence-electron chi connectivity index (χ3n) is 4.56. The quantitative estimate of drug-likeness (QED) is 0.760. The largest absolute Gasteiger partial charge is 0.492 e. The van der Waals surface area contributed by atoms with Crippen LogP contribution in [0.15, 0.2) is 48.5 Å². The van der Waals surface area contributed by atoms with Crippen LogP contribution in [-0.4, -0.2) is 36.7 Å². The molecule has 3 rings (SSSR count). The van der Waals surface area contributed by atoms with Gasteiger partial charge in [0.25, 0.3) is 0 Å². The number of hydrogen-bond acceptors (Lipinski definition) is 4. The molecule has 5 nitrogen and oxygen atoms in total. The van der Waals surface area contributed by atoms with Crippen LogP contribution in [0.2, 0.25) is 5.02 Å². The highest BCUT2D eigenvalue weighted by Crippen LogP contribution is 2.30. The molecule has 27 heavy (non-hydrogen) atoms. The van der Waals surface area contributed by atoms with E-state index in [0.29, 0.717) is 31.3 Å². The molecule has 1 saturated heterocycles. The maximum Gasteiger partial charge on any atom is 0.410 e. The van der Waals surface area contributed by atoms with Gasteiger partial charge in [0.15, 0.2) is 0 Å². The summed E-state index contributed by atoms with van der Waals surface area (Å²) in [4.78, 5) is 14.0. The van der Waals surface area contributed by atoms with Crippen molar-refractivity contribution in [1.29, 1.82) is 0 Å². The molecule has 144 valence electrons. The first-order valence-electron chi connectivity index (χ1n) is 9.30. The smallest absolute Gasteiger partial charge is 0.410 e. The fourth-order valence-electron chi connectivity index (χ4n) is 3.13. The Bertz CT molecular complexity index is 746. The van der Waals surface area contributed by atoms with E-state index in [1.54, 1.807) is 4.90 Å². The monoisotopic (exact) mass is 388 g/mol. The number of nitrogens with one attached hydrogen (secondary N) is 1. The summed E-state index contributed by atoms with van der Waals surface area (Å²) < 4.78 is 11.1. The van der Waals surface area contributed by atoms with E-state index in [9.17, 15) is 4.79 Å². The predicted molar refractivity (Wildman–Crippen MR) is 107 cm³/mol. The van der Waals surface area contributed by atoms with Crippen molar-refractivity contribution < 1.29 is 14.3 Å². The lowest BCUT2D eigenvalue weighted by atomic mass is 10.0. The molecule has 1 N–H and O–H groups in total. The number of anilines is 1. The minimum Gasteiger partial charge on any atom is -0.492 e. The Balaban J connectivity index is 1.49. The molecule has 0 spiro atoms. The molecule has 2 aromatic rings. The molecule has 0 atom stereocenters. The number of benzene rings is 2. The number of ether oxygens (including phenoxy) is 2. The van der Waals surface area contributed by atoms with Crippen molar-refractivity contribution in [3.8, 4) is 5.75 Å². The van der Waals surface area contributed by atoms with Gasteiger partial charge in [0.2, 0.25) is 0 Å². The van der Waals surface area contributed by atoms with Crippen molar-refractivity contribution in [3.05, 3.63) is 59.1 Å². The van der Waals surface area contributed by atoms with Crippen LogP contribution in [0.4, 0.5) is 10.5 Å². The molecule has 1 aliphatic rings. The van der Waals surface area contributed by atoms with Crippen LogP contribution in [-0.2, 0) is 11.3 Å². The van der Waals surface area contributed by atoms with Crippen LogP contribution in [0.1, 0.15) is 25.3 Å². The van der Waals surface area contributed by atoms with E-state index in [-0.39, 0.29) is 12.1 Å². The van der Waals surface area contributed by atoms with Crippen molar-refractivity contribution >= 4 is 23.4 Å². The number of halogens is 1. The van der Waals surface area contributed by atoms with E-state index in [0.717, 1.165) is 29.8 Å². The van der Waals surface area contributed by atoms with E-state index < -0.39 is 0 Å². The van der Waals surface area contributed by atoms with Crippen molar-refractivity contribution in [2.24, 2.45) is 0 Å². The highest BCUT2D eigenvalue weighted by molar-refractivity contribution is 6.30. The van der Waals surface area contributed by atoms with Crippen molar-refractivity contribution in [3.63, 3.8) is 0 Å². The van der Waals surface area contributed by atoms with Gasteiger partial charge in [-0.05, 0) is 43.5 Å². The van der Waals surface area contributed by atoms with E-state index in [4.69, 9.17) is 21.1 Å². The first kappa shape index (κ1) is 19.4. The van der Waals surface area contributed by atoms with Crippen LogP contribution in [0.3, 0.4) is 0 Å². The maximum absolute atomic E-state index is 12.3. The predicted octanol–water partition coefficient (Wildman–Crippen LogP) is 4.95. The fourth-order valence-corrected chi connectivity index (χ4v) is 3.31. The molecular formula is C21H25ClN2O3. The van der Waals surface area contributed by atoms with E-state index in [1.165, 1.54) is 0 Å². The van der Waals surface area contributed by atoms with E-state index >= 15 is 0 Å². The summed E-state index contributed by atoms with van der Waals surface area (Å²) in [5.41, 5.74) is 1.89. The lowest BCUT2D eigenvalue weighted by Gasteiger charge is -2.32. The number of amides is 1. The molecular weight excluding hydrogens is 364 g/mol. The Hall–Kier alpha value is -2.40. The van der Waals surface area contributed by atoms with Gasteiger partial charge >= 0.3 is 6.09 Å². The summed E-state index contributed by atoms with van der Waals surface area (Å²) in [6.45, 7) is 4.18. The Morgan fingerprint density at radius 1 is 1.19 bits per heavy atom. The Kier molecular flexibility index (Phi) is 6.82. The molecule has 0 aromatic heterocycles. The van der Waals surface area contributed by atoms with Crippen LogP contribution in [0.25, 0.3) is 0 Å². The zero-order chi connectivity index (χ0) is 19.1. The lowest BCUT2D eigenvalue weighted by molar-refractivity contribution is 0.0881. The highest BCUT2D eigenvalue weighted by atomic mass is 35.5. The van der Waals surface area contributed by atoms with E-state index in [2.05, 4.69) is 5.32 Å². The van der Waals surface area contributed by atoms with Gasteiger partial charge in [0.05, 0.1) is 12.3 Å². The summed E-state index contributed by atoms with van der Waals surface area (Å²) in [6.07, 6.45) is 1.44. The second kappa shape index (κ2) is 9.51. The molecule has 6 heteroatoms. The van der Waals surface area contributed by atoms with Gasteiger partial charge in [-0.2, -0.15) is 0 Å². The van der Waals surface area contributed by atoms with Gasteiger partial charge in [-0.3, -0.25) is 0 Å². The van der Waals surface area contributed by atoms with Gasteiger partial charge in [0, 0.05) is 24.2 Å². The first-order valence-corrected chi connectivity index (χ1v) is 9.68. The Morgan fingerprint density at radius 3 is 2.63 bits per heavy atom. The summed E-state index contributed by atoms with van der Waals surface area (Å²) >= 11 is 6.12. The zero-order valence-corrected chi connectivity index (χ0v) is 16.2. The van der Waals surface area contributed by atoms with Gasteiger partial charge < -0.3 is 19.7 Å². The number of hydrogen-bond donors (Lipinski definition) is 1. The molecule has 0 radical (unpaired) electrons. The number of piperidine rings is 1. The van der Waals surface area contributed by atoms with Crippen LogP contribution in [0, 0.1) is 0 Å². The Labute approximate surface area is 165 Å². The lowest BCUT2D eigenvalue weighted by Crippen LogP contribution is -2.42. The average Bonchev–Trinajstić information content (AvgIpc) is 2.70. The molecule has 2 aromatic carbocycles. The van der Waals surface area contributed by atoms with Gasteiger partial charge in [-0.1, -0.05) is 41.9 Å². The molecule has 1 fully saturated rings. The molecule has 0 bridgehead atoms. The van der Waals surface area contributed by atoms with Crippen molar-refractivity contribution in [2.45, 2.75) is 32.4 Å². The SMILES string of the molecule is CCOc1ccc(Cl)cc1NC1CCN(C(=O)OCc2ccccc2)CC1. The minimum atomic E-state index is -0.255. The number of carbonyl (C=O) groups excluding carboxylic acids is 1. The van der Waals surface area contributed by atoms with Crippen LogP contribution >= 0.6 is 11.6 Å². The number of carbonyl (C=O) groups is 1. The van der Waals surface area contributed by atoms with Gasteiger partial charge in [-0.15, -0.1) is 0 Å². The zero-order valence-electron chi connectivity index (χ0n) is 15.5. The summed E-state index contributed by atoms with van der Waals surface area (Å²) in [6, 6.07) is 15.6. The summed E-state index contributed by atoms with van der Waals surface area (Å²) in [5, 5.41) is 4.17. The highest BCUT2D eigenvalue weighted by Gasteiger charge is 2.24. The summed E-state index contributed by atoms with van der Waals surface area (Å²) in [7, 11) is 0. The normalized spacial score (nSPS) is 14.7. The molecule has 1 heterocycles. The fraction of sp³-hybridized carbons (Fsp3) is 0.381. The average molecular weight is 389 g/mol. The first-order chi connectivity index (χ1) is 13.2. The maximum atomic E-state index is 12.3. The molecule has 1 aliphatic heterocycles. The molecule has 0 unspecified atom stereocenters. The third-order valence-corrected chi connectivity index (χ3v) is 4.79. The second-order valence-electron chi connectivity index (χ2n) is 6.52. The minimum absolute atomic E-state index is 0.255. The third kappa shape index (κ3) is 5.54. The summed E-state index contributed by atoms with van der Waals surface area (Å²) in [5.74, 6) is 0.798. The Morgan fingerprint density at radius 2 is 1.93 bits per heavy atom. The van der Waals surface area contributed by atoms with Crippen LogP contribution in [0.5, 0.6) is 5.75 Å². The van der Waals surface area contributed by atoms with Crippen molar-refractivity contribution in [1.82, 2.24) is 4.90 Å². The second-order valence-corrected chi connectivity index (χ2v) is 6.96. The number of likely N-dealkylation sites (tertiary alicyclic amines) is 1. The molecule has 1 amide bonds. The molecule has 0 aliphatic carbocycles. The van der Waals surface area contributed by atoms with Crippen molar-refractivity contribution in [2.75, 3.05) is 25.0 Å². The van der Waals surface area contributed by atoms with E-state index in [1.807, 2.05) is 55.5 Å². The molecule has 0 saturated carbocycles. The van der Waals surface area contributed by atoms with Crippen LogP contribution < -0.4 is 10.1 Å². The number of rotatable bonds is 6. The number of nitrogens with zero attached hydrogens (tertiary/aromatic N) is 1.